The lowest BCUT2D eigenvalue weighted by Crippen LogP contribution is -2.02. The Kier molecular flexibility index (Phi) is 11.1. The third kappa shape index (κ3) is 9.11. The number of nitrogens with one attached hydrogen (secondary N) is 1. The highest BCUT2D eigenvalue weighted by atomic mass is 16.4. The van der Waals surface area contributed by atoms with Gasteiger partial charge in [0, 0.05) is 5.71 Å². The summed E-state index contributed by atoms with van der Waals surface area (Å²) in [6.07, 6.45) is 9.39. The monoisotopic (exact) mass is 340 g/mol. The molecule has 25 heavy (non-hydrogen) atoms. The summed E-state index contributed by atoms with van der Waals surface area (Å²) in [4.78, 5) is 15.1. The summed E-state index contributed by atoms with van der Waals surface area (Å²) in [5.74, 6) is -0.341. The van der Waals surface area contributed by atoms with Crippen molar-refractivity contribution in [1.29, 1.82) is 0 Å². The normalized spacial score (nSPS) is 12.0. The smallest absolute Gasteiger partial charge is 0.335 e. The lowest BCUT2D eigenvalue weighted by Gasteiger charge is -2.01. The molecule has 4 heteroatoms. The number of carboxylic acid groups (broad SMARTS) is 1. The van der Waals surface area contributed by atoms with Crippen LogP contribution in [0.5, 0.6) is 0 Å². The molecule has 2 N–H and O–H groups in total. The van der Waals surface area contributed by atoms with Crippen molar-refractivity contribution in [2.24, 2.45) is 4.99 Å². The average Bonchev–Trinajstić information content (AvgIpc) is 2.61. The van der Waals surface area contributed by atoms with E-state index in [1.165, 1.54) is 0 Å². The van der Waals surface area contributed by atoms with Crippen molar-refractivity contribution in [1.82, 2.24) is 5.32 Å². The Morgan fingerprint density at radius 1 is 1.16 bits per heavy atom. The fourth-order valence-corrected chi connectivity index (χ4v) is 1.77. The fraction of sp³-hybridized carbons (Fsp3) is 0.238. The van der Waals surface area contributed by atoms with Gasteiger partial charge in [-0.2, -0.15) is 0 Å². The summed E-state index contributed by atoms with van der Waals surface area (Å²) >= 11 is 0. The van der Waals surface area contributed by atoms with E-state index in [4.69, 9.17) is 5.11 Å². The first-order chi connectivity index (χ1) is 11.9. The first-order valence-electron chi connectivity index (χ1n) is 8.24. The van der Waals surface area contributed by atoms with E-state index in [0.717, 1.165) is 16.8 Å². The van der Waals surface area contributed by atoms with E-state index in [0.29, 0.717) is 5.82 Å². The maximum absolute atomic E-state index is 10.8. The van der Waals surface area contributed by atoms with Gasteiger partial charge in [0.15, 0.2) is 0 Å². The van der Waals surface area contributed by atoms with Gasteiger partial charge in [-0.3, -0.25) is 0 Å². The van der Waals surface area contributed by atoms with E-state index >= 15 is 0 Å². The van der Waals surface area contributed by atoms with Crippen molar-refractivity contribution in [2.75, 3.05) is 0 Å². The number of hydrogen-bond donors (Lipinski definition) is 2. The Hall–Kier alpha value is -2.88. The summed E-state index contributed by atoms with van der Waals surface area (Å²) in [6.45, 7) is 13.6. The zero-order chi connectivity index (χ0) is 19.2. The Morgan fingerprint density at radius 2 is 1.72 bits per heavy atom. The number of carboxylic acids is 1. The molecule has 0 fully saturated rings. The van der Waals surface area contributed by atoms with E-state index < -0.39 is 5.97 Å². The molecule has 0 bridgehead atoms. The summed E-state index contributed by atoms with van der Waals surface area (Å²) in [7, 11) is 0. The number of aliphatic imine (C=N–C) groups is 1. The molecule has 0 atom stereocenters. The largest absolute Gasteiger partial charge is 0.478 e. The first kappa shape index (κ1) is 22.1. The minimum Gasteiger partial charge on any atom is -0.478 e. The molecule has 0 spiro atoms. The van der Waals surface area contributed by atoms with E-state index in [1.807, 2.05) is 58.9 Å². The van der Waals surface area contributed by atoms with Crippen LogP contribution in [0.2, 0.25) is 0 Å². The number of nitrogens with zero attached hydrogens (tertiary/aromatic N) is 1. The molecule has 0 saturated heterocycles. The highest BCUT2D eigenvalue weighted by Gasteiger charge is 2.01. The molecule has 0 saturated carbocycles. The molecular formula is C21H28N2O2. The highest BCUT2D eigenvalue weighted by molar-refractivity contribution is 5.94. The van der Waals surface area contributed by atoms with Gasteiger partial charge in [-0.1, -0.05) is 50.8 Å². The lowest BCUT2D eigenvalue weighted by molar-refractivity contribution is 0.0697. The van der Waals surface area contributed by atoms with Crippen LogP contribution in [0.4, 0.5) is 0 Å². The predicted molar refractivity (Wildman–Crippen MR) is 108 cm³/mol. The van der Waals surface area contributed by atoms with Crippen LogP contribution in [-0.4, -0.2) is 16.8 Å². The maximum Gasteiger partial charge on any atom is 0.335 e. The Balaban J connectivity index is 0.00000277. The summed E-state index contributed by atoms with van der Waals surface area (Å²) in [5, 5.41) is 11.8. The minimum absolute atomic E-state index is 0.284. The molecule has 0 radical (unpaired) electrons. The molecule has 0 aromatic heterocycles. The second-order valence-electron chi connectivity index (χ2n) is 4.94. The van der Waals surface area contributed by atoms with E-state index in [2.05, 4.69) is 16.9 Å². The molecule has 4 nitrogen and oxygen atoms in total. The van der Waals surface area contributed by atoms with Crippen LogP contribution < -0.4 is 5.32 Å². The molecule has 1 aromatic carbocycles. The second kappa shape index (κ2) is 12.5. The van der Waals surface area contributed by atoms with Gasteiger partial charge in [0.2, 0.25) is 0 Å². The molecule has 1 aromatic rings. The Morgan fingerprint density at radius 3 is 2.24 bits per heavy atom. The van der Waals surface area contributed by atoms with Crippen LogP contribution in [0.3, 0.4) is 0 Å². The van der Waals surface area contributed by atoms with Crippen molar-refractivity contribution in [3.05, 3.63) is 78.3 Å². The molecule has 0 aliphatic rings. The van der Waals surface area contributed by atoms with E-state index in [1.54, 1.807) is 30.5 Å². The summed E-state index contributed by atoms with van der Waals surface area (Å²) in [5.41, 5.74) is 3.13. The summed E-state index contributed by atoms with van der Waals surface area (Å²) < 4.78 is 0. The molecule has 1 rings (SSSR count). The number of rotatable bonds is 7. The van der Waals surface area contributed by atoms with Gasteiger partial charge in [0.25, 0.3) is 0 Å². The van der Waals surface area contributed by atoms with Crippen molar-refractivity contribution in [2.45, 2.75) is 34.6 Å². The number of carbonyl (C=O) groups is 1. The van der Waals surface area contributed by atoms with Crippen LogP contribution in [-0.2, 0) is 0 Å². The third-order valence-electron chi connectivity index (χ3n) is 3.00. The second-order valence-corrected chi connectivity index (χ2v) is 4.94. The van der Waals surface area contributed by atoms with E-state index in [-0.39, 0.29) is 5.56 Å². The molecule has 0 unspecified atom stereocenters. The Labute approximate surface area is 151 Å². The molecule has 0 heterocycles. The van der Waals surface area contributed by atoms with Crippen molar-refractivity contribution < 1.29 is 9.90 Å². The number of benzene rings is 1. The first-order valence-corrected chi connectivity index (χ1v) is 8.24. The third-order valence-corrected chi connectivity index (χ3v) is 3.00. The summed E-state index contributed by atoms with van der Waals surface area (Å²) in [6, 6.07) is 6.80. The molecular weight excluding hydrogens is 312 g/mol. The topological polar surface area (TPSA) is 61.7 Å². The molecule has 134 valence electrons. The van der Waals surface area contributed by atoms with Crippen LogP contribution in [0, 0.1) is 0 Å². The lowest BCUT2D eigenvalue weighted by atomic mass is 10.0. The quantitative estimate of drug-likeness (QED) is 0.514. The van der Waals surface area contributed by atoms with Crippen molar-refractivity contribution in [3.63, 3.8) is 0 Å². The minimum atomic E-state index is -0.920. The number of allylic oxidation sites excluding steroid dienone is 5. The zero-order valence-electron chi connectivity index (χ0n) is 15.7. The van der Waals surface area contributed by atoms with Crippen LogP contribution >= 0.6 is 0 Å². The molecule has 0 aliphatic heterocycles. The van der Waals surface area contributed by atoms with Gasteiger partial charge in [-0.15, -0.1) is 0 Å². The van der Waals surface area contributed by atoms with Crippen LogP contribution in [0.25, 0.3) is 5.57 Å². The number of hydrogen-bond acceptors (Lipinski definition) is 3. The van der Waals surface area contributed by atoms with Gasteiger partial charge >= 0.3 is 5.97 Å². The van der Waals surface area contributed by atoms with Crippen LogP contribution in [0.1, 0.15) is 50.5 Å². The predicted octanol–water partition coefficient (Wildman–Crippen LogP) is 5.43. The van der Waals surface area contributed by atoms with Gasteiger partial charge < -0.3 is 10.4 Å². The van der Waals surface area contributed by atoms with Gasteiger partial charge in [0.05, 0.1) is 5.56 Å². The maximum atomic E-state index is 10.8. The van der Waals surface area contributed by atoms with Crippen LogP contribution in [0.15, 0.2) is 72.2 Å². The van der Waals surface area contributed by atoms with E-state index in [9.17, 15) is 4.79 Å². The molecule has 0 amide bonds. The highest BCUT2D eigenvalue weighted by Crippen LogP contribution is 2.14. The van der Waals surface area contributed by atoms with Gasteiger partial charge in [-0.05, 0) is 56.3 Å². The fourth-order valence-electron chi connectivity index (χ4n) is 1.77. The molecule has 0 aliphatic carbocycles. The zero-order valence-corrected chi connectivity index (χ0v) is 15.7. The van der Waals surface area contributed by atoms with Crippen molar-refractivity contribution >= 4 is 17.3 Å². The Bertz CT molecular complexity index is 678. The van der Waals surface area contributed by atoms with Crippen molar-refractivity contribution in [3.8, 4) is 0 Å². The van der Waals surface area contributed by atoms with Gasteiger partial charge in [0.1, 0.15) is 5.82 Å². The average molecular weight is 340 g/mol. The number of aromatic carboxylic acids is 1. The van der Waals surface area contributed by atoms with Gasteiger partial charge in [-0.25, -0.2) is 9.79 Å². The SMILES string of the molecule is C=C(/N=C(C)/C=C\C=C(/C)c1ccc(C(=O)O)cc1)N/C=C/C.CC. The standard InChI is InChI=1S/C19H22N2O2.C2H6/c1-5-13-20-16(4)21-15(3)8-6-7-14(2)17-9-11-18(12-10-17)19(22)23;1-2/h5-13,20H,4H2,1-3H3,(H,22,23);1-2H3/b8-6-,13-5+,14-7+,21-15+;.